The molecule has 27 heavy (non-hydrogen) atoms. The number of nitrogens with zero attached hydrogens (tertiary/aromatic N) is 2. The van der Waals surface area contributed by atoms with Crippen LogP contribution in [0, 0.1) is 6.92 Å². The Morgan fingerprint density at radius 3 is 2.52 bits per heavy atom. The van der Waals surface area contributed by atoms with E-state index in [-0.39, 0.29) is 16.9 Å². The second-order valence-electron chi connectivity index (χ2n) is 7.21. The van der Waals surface area contributed by atoms with Crippen molar-refractivity contribution in [3.63, 3.8) is 0 Å². The minimum absolute atomic E-state index is 0.166. The maximum Gasteiger partial charge on any atom is 0.251 e. The lowest BCUT2D eigenvalue weighted by atomic mass is 10.1. The molecule has 0 bridgehead atoms. The Labute approximate surface area is 162 Å². The summed E-state index contributed by atoms with van der Waals surface area (Å²) in [5.74, 6) is -0.257. The highest BCUT2D eigenvalue weighted by molar-refractivity contribution is 7.89. The van der Waals surface area contributed by atoms with Crippen molar-refractivity contribution >= 4 is 15.9 Å². The minimum atomic E-state index is -3.59. The zero-order valence-electron chi connectivity index (χ0n) is 16.7. The highest BCUT2D eigenvalue weighted by Gasteiger charge is 2.28. The zero-order chi connectivity index (χ0) is 20.0. The summed E-state index contributed by atoms with van der Waals surface area (Å²) in [6.45, 7) is 9.14. The zero-order valence-corrected chi connectivity index (χ0v) is 17.5. The molecule has 2 rings (SSSR count). The summed E-state index contributed by atoms with van der Waals surface area (Å²) >= 11 is 0. The monoisotopic (exact) mass is 397 g/mol. The van der Waals surface area contributed by atoms with Gasteiger partial charge in [-0.15, -0.1) is 0 Å². The fourth-order valence-corrected chi connectivity index (χ4v) is 4.32. The van der Waals surface area contributed by atoms with Crippen molar-refractivity contribution in [3.05, 3.63) is 29.3 Å². The maximum absolute atomic E-state index is 12.9. The van der Waals surface area contributed by atoms with Crippen molar-refractivity contribution in [3.8, 4) is 0 Å². The van der Waals surface area contributed by atoms with Crippen LogP contribution < -0.4 is 5.32 Å². The molecule has 8 heteroatoms. The number of nitrogens with one attached hydrogen (secondary N) is 1. The van der Waals surface area contributed by atoms with Gasteiger partial charge in [0.15, 0.2) is 0 Å². The van der Waals surface area contributed by atoms with E-state index in [4.69, 9.17) is 4.74 Å². The molecule has 0 saturated carbocycles. The molecule has 0 spiro atoms. The summed E-state index contributed by atoms with van der Waals surface area (Å²) in [5, 5.41) is 2.84. The second-order valence-corrected chi connectivity index (χ2v) is 9.15. The van der Waals surface area contributed by atoms with Crippen LogP contribution in [0.25, 0.3) is 0 Å². The van der Waals surface area contributed by atoms with Crippen LogP contribution in [0.2, 0.25) is 0 Å². The van der Waals surface area contributed by atoms with Crippen LogP contribution in [0.3, 0.4) is 0 Å². The summed E-state index contributed by atoms with van der Waals surface area (Å²) in [5.41, 5.74) is 1.15. The fraction of sp³-hybridized carbons (Fsp3) is 0.632. The van der Waals surface area contributed by atoms with E-state index in [1.807, 2.05) is 27.8 Å². The lowest BCUT2D eigenvalue weighted by Gasteiger charge is -2.31. The highest BCUT2D eigenvalue weighted by Crippen LogP contribution is 2.20. The van der Waals surface area contributed by atoms with E-state index in [2.05, 4.69) is 10.2 Å². The van der Waals surface area contributed by atoms with Crippen LogP contribution in [-0.2, 0) is 14.8 Å². The van der Waals surface area contributed by atoms with Gasteiger partial charge in [0.25, 0.3) is 5.91 Å². The predicted molar refractivity (Wildman–Crippen MR) is 105 cm³/mol. The van der Waals surface area contributed by atoms with E-state index in [0.717, 1.165) is 5.56 Å². The summed E-state index contributed by atoms with van der Waals surface area (Å²) in [4.78, 5) is 14.8. The highest BCUT2D eigenvalue weighted by atomic mass is 32.2. The lowest BCUT2D eigenvalue weighted by molar-refractivity contribution is 0.0757. The number of benzene rings is 1. The molecule has 1 N–H and O–H groups in total. The van der Waals surface area contributed by atoms with E-state index >= 15 is 0 Å². The molecule has 0 aliphatic carbocycles. The Balaban J connectivity index is 2.05. The molecule has 0 atom stereocenters. The molecule has 1 aromatic rings. The van der Waals surface area contributed by atoms with E-state index in [0.29, 0.717) is 51.3 Å². The van der Waals surface area contributed by atoms with Crippen molar-refractivity contribution in [2.75, 3.05) is 46.4 Å². The van der Waals surface area contributed by atoms with Gasteiger partial charge in [0.2, 0.25) is 10.0 Å². The number of sulfonamides is 1. The number of piperazine rings is 1. The molecule has 1 amide bonds. The van der Waals surface area contributed by atoms with Crippen molar-refractivity contribution in [2.45, 2.75) is 38.2 Å². The summed E-state index contributed by atoms with van der Waals surface area (Å²) < 4.78 is 32.7. The number of ether oxygens (including phenoxy) is 1. The van der Waals surface area contributed by atoms with Crippen LogP contribution >= 0.6 is 0 Å². The smallest absolute Gasteiger partial charge is 0.251 e. The number of aryl methyl sites for hydroxylation is 1. The van der Waals surface area contributed by atoms with Crippen molar-refractivity contribution in [1.29, 1.82) is 0 Å². The first kappa shape index (κ1) is 21.8. The number of rotatable bonds is 8. The van der Waals surface area contributed by atoms with Crippen molar-refractivity contribution < 1.29 is 17.9 Å². The van der Waals surface area contributed by atoms with Gasteiger partial charge in [0.05, 0.1) is 11.0 Å². The molecule has 1 heterocycles. The van der Waals surface area contributed by atoms with Gasteiger partial charge >= 0.3 is 0 Å². The van der Waals surface area contributed by atoms with E-state index in [1.54, 1.807) is 12.1 Å². The number of carbonyl (C=O) groups excluding carboxylic acids is 1. The quantitative estimate of drug-likeness (QED) is 0.672. The predicted octanol–water partition coefficient (Wildman–Crippen LogP) is 1.48. The first-order valence-electron chi connectivity index (χ1n) is 9.41. The Morgan fingerprint density at radius 1 is 1.22 bits per heavy atom. The SMILES string of the molecule is Cc1ccc(S(=O)(=O)N2CCN(C)CC2)cc1C(=O)NCCCOC(C)C. The van der Waals surface area contributed by atoms with Gasteiger partial charge in [-0.25, -0.2) is 8.42 Å². The summed E-state index contributed by atoms with van der Waals surface area (Å²) in [7, 11) is -1.61. The van der Waals surface area contributed by atoms with Gasteiger partial charge in [-0.2, -0.15) is 4.31 Å². The first-order chi connectivity index (χ1) is 12.7. The fourth-order valence-electron chi connectivity index (χ4n) is 2.87. The average molecular weight is 398 g/mol. The maximum atomic E-state index is 12.9. The molecule has 1 aromatic carbocycles. The normalized spacial score (nSPS) is 16.6. The number of amides is 1. The van der Waals surface area contributed by atoms with Gasteiger partial charge < -0.3 is 15.0 Å². The van der Waals surface area contributed by atoms with Crippen LogP contribution in [0.4, 0.5) is 0 Å². The number of hydrogen-bond acceptors (Lipinski definition) is 5. The Bertz CT molecular complexity index is 741. The Kier molecular flexibility index (Phi) is 7.79. The van der Waals surface area contributed by atoms with Crippen molar-refractivity contribution in [2.24, 2.45) is 0 Å². The summed E-state index contributed by atoms with van der Waals surface area (Å²) in [6, 6.07) is 4.76. The standard InChI is InChI=1S/C19H31N3O4S/c1-15(2)26-13-5-8-20-19(23)18-14-17(7-6-16(18)3)27(24,25)22-11-9-21(4)10-12-22/h6-7,14-15H,5,8-13H2,1-4H3,(H,20,23). The van der Waals surface area contributed by atoms with Crippen molar-refractivity contribution in [1.82, 2.24) is 14.5 Å². The van der Waals surface area contributed by atoms with Gasteiger partial charge in [-0.05, 0) is 51.9 Å². The molecule has 0 unspecified atom stereocenters. The molecule has 1 aliphatic rings. The first-order valence-corrected chi connectivity index (χ1v) is 10.8. The van der Waals surface area contributed by atoms with Crippen LogP contribution in [-0.4, -0.2) is 76.0 Å². The molecular formula is C19H31N3O4S. The lowest BCUT2D eigenvalue weighted by Crippen LogP contribution is -2.47. The molecule has 152 valence electrons. The van der Waals surface area contributed by atoms with E-state index in [9.17, 15) is 13.2 Å². The Hall–Kier alpha value is -1.48. The summed E-state index contributed by atoms with van der Waals surface area (Å²) in [6.07, 6.45) is 0.877. The molecule has 1 aliphatic heterocycles. The molecule has 0 aromatic heterocycles. The number of carbonyl (C=O) groups is 1. The van der Waals surface area contributed by atoms with Gasteiger partial charge in [-0.1, -0.05) is 6.07 Å². The van der Waals surface area contributed by atoms with Crippen LogP contribution in [0.1, 0.15) is 36.2 Å². The second kappa shape index (κ2) is 9.64. The topological polar surface area (TPSA) is 79.0 Å². The van der Waals surface area contributed by atoms with Crippen LogP contribution in [0.15, 0.2) is 23.1 Å². The Morgan fingerprint density at radius 2 is 1.89 bits per heavy atom. The van der Waals surface area contributed by atoms with Gasteiger partial charge in [0, 0.05) is 44.9 Å². The molecule has 7 nitrogen and oxygen atoms in total. The molecular weight excluding hydrogens is 366 g/mol. The molecule has 1 fully saturated rings. The number of likely N-dealkylation sites (N-methyl/N-ethyl adjacent to an activating group) is 1. The molecule has 0 radical (unpaired) electrons. The number of hydrogen-bond donors (Lipinski definition) is 1. The van der Waals surface area contributed by atoms with Gasteiger partial charge in [0.1, 0.15) is 0 Å². The third-order valence-corrected chi connectivity index (χ3v) is 6.51. The van der Waals surface area contributed by atoms with E-state index < -0.39 is 10.0 Å². The van der Waals surface area contributed by atoms with E-state index in [1.165, 1.54) is 10.4 Å². The van der Waals surface area contributed by atoms with Crippen LogP contribution in [0.5, 0.6) is 0 Å². The van der Waals surface area contributed by atoms with Gasteiger partial charge in [-0.3, -0.25) is 4.79 Å². The largest absolute Gasteiger partial charge is 0.379 e. The third kappa shape index (κ3) is 6.00. The molecule has 1 saturated heterocycles. The minimum Gasteiger partial charge on any atom is -0.379 e. The third-order valence-electron chi connectivity index (χ3n) is 4.61. The average Bonchev–Trinajstić information content (AvgIpc) is 2.61.